The molecule has 0 saturated heterocycles. The summed E-state index contributed by atoms with van der Waals surface area (Å²) in [6.07, 6.45) is 3.10. The number of pyridine rings is 1. The highest BCUT2D eigenvalue weighted by Crippen LogP contribution is 2.09. The van der Waals surface area contributed by atoms with E-state index in [4.69, 9.17) is 0 Å². The van der Waals surface area contributed by atoms with Crippen molar-refractivity contribution in [2.24, 2.45) is 14.1 Å². The van der Waals surface area contributed by atoms with Crippen molar-refractivity contribution in [3.63, 3.8) is 0 Å². The van der Waals surface area contributed by atoms with Gasteiger partial charge in [0.25, 0.3) is 5.56 Å². The Labute approximate surface area is 133 Å². The minimum atomic E-state index is -3.99. The second kappa shape index (κ2) is 6.47. The van der Waals surface area contributed by atoms with E-state index in [1.54, 1.807) is 18.3 Å². The van der Waals surface area contributed by atoms with Crippen LogP contribution in [0.25, 0.3) is 0 Å². The predicted octanol–water partition coefficient (Wildman–Crippen LogP) is -0.658. The SMILES string of the molecule is CN(CCc1ccccn1)S(=O)(=O)c1cn(C)c(=O)n(C)c1=O. The molecule has 0 saturated carbocycles. The first kappa shape index (κ1) is 17.1. The molecule has 0 atom stereocenters. The Morgan fingerprint density at radius 1 is 1.22 bits per heavy atom. The monoisotopic (exact) mass is 338 g/mol. The van der Waals surface area contributed by atoms with Gasteiger partial charge in [0, 0.05) is 52.2 Å². The quantitative estimate of drug-likeness (QED) is 0.721. The Morgan fingerprint density at radius 3 is 2.52 bits per heavy atom. The predicted molar refractivity (Wildman–Crippen MR) is 84.7 cm³/mol. The average molecular weight is 338 g/mol. The Bertz CT molecular complexity index is 916. The van der Waals surface area contributed by atoms with Gasteiger partial charge in [-0.25, -0.2) is 17.5 Å². The van der Waals surface area contributed by atoms with Crippen LogP contribution in [0.3, 0.4) is 0 Å². The molecule has 23 heavy (non-hydrogen) atoms. The van der Waals surface area contributed by atoms with E-state index < -0.39 is 26.2 Å². The molecule has 0 aliphatic carbocycles. The third kappa shape index (κ3) is 3.40. The molecule has 0 fully saturated rings. The summed E-state index contributed by atoms with van der Waals surface area (Å²) in [6.45, 7) is 0.172. The molecule has 0 amide bonds. The van der Waals surface area contributed by atoms with E-state index in [0.717, 1.165) is 25.3 Å². The largest absolute Gasteiger partial charge is 0.330 e. The summed E-state index contributed by atoms with van der Waals surface area (Å²) in [5.74, 6) is 0. The van der Waals surface area contributed by atoms with Crippen molar-refractivity contribution in [2.75, 3.05) is 13.6 Å². The number of nitrogens with zero attached hydrogens (tertiary/aromatic N) is 4. The first-order valence-electron chi connectivity index (χ1n) is 6.88. The van der Waals surface area contributed by atoms with Crippen molar-refractivity contribution in [3.05, 3.63) is 57.1 Å². The fourth-order valence-corrected chi connectivity index (χ4v) is 3.37. The maximum absolute atomic E-state index is 12.6. The molecule has 2 heterocycles. The molecular formula is C14H18N4O4S. The van der Waals surface area contributed by atoms with Crippen molar-refractivity contribution in [3.8, 4) is 0 Å². The molecule has 0 radical (unpaired) electrons. The summed E-state index contributed by atoms with van der Waals surface area (Å²) in [5.41, 5.74) is -0.661. The second-order valence-corrected chi connectivity index (χ2v) is 7.16. The van der Waals surface area contributed by atoms with Gasteiger partial charge in [-0.05, 0) is 12.1 Å². The van der Waals surface area contributed by atoms with Gasteiger partial charge < -0.3 is 4.57 Å². The molecule has 0 N–H and O–H groups in total. The molecule has 0 unspecified atom stereocenters. The molecule has 0 aromatic carbocycles. The summed E-state index contributed by atoms with van der Waals surface area (Å²) < 4.78 is 28.1. The van der Waals surface area contributed by atoms with Gasteiger partial charge in [-0.2, -0.15) is 0 Å². The second-order valence-electron chi connectivity index (χ2n) is 5.15. The molecule has 0 spiro atoms. The van der Waals surface area contributed by atoms with Crippen molar-refractivity contribution in [2.45, 2.75) is 11.3 Å². The van der Waals surface area contributed by atoms with Gasteiger partial charge in [0.2, 0.25) is 10.0 Å². The van der Waals surface area contributed by atoms with E-state index in [1.807, 2.05) is 6.07 Å². The zero-order valence-electron chi connectivity index (χ0n) is 13.1. The van der Waals surface area contributed by atoms with E-state index in [-0.39, 0.29) is 6.54 Å². The van der Waals surface area contributed by atoms with Crippen molar-refractivity contribution < 1.29 is 8.42 Å². The smallest absolute Gasteiger partial charge is 0.302 e. The van der Waals surface area contributed by atoms with Crippen LogP contribution in [0, 0.1) is 0 Å². The van der Waals surface area contributed by atoms with E-state index >= 15 is 0 Å². The molecule has 9 heteroatoms. The highest BCUT2D eigenvalue weighted by Gasteiger charge is 2.26. The third-order valence-corrected chi connectivity index (χ3v) is 5.35. The topological polar surface area (TPSA) is 94.3 Å². The number of hydrogen-bond acceptors (Lipinski definition) is 5. The molecule has 124 valence electrons. The van der Waals surface area contributed by atoms with E-state index in [0.29, 0.717) is 6.42 Å². The van der Waals surface area contributed by atoms with Gasteiger partial charge in [0.1, 0.15) is 0 Å². The fraction of sp³-hybridized carbons (Fsp3) is 0.357. The van der Waals surface area contributed by atoms with Crippen LogP contribution >= 0.6 is 0 Å². The number of hydrogen-bond donors (Lipinski definition) is 0. The lowest BCUT2D eigenvalue weighted by molar-refractivity contribution is 0.467. The van der Waals surface area contributed by atoms with Crippen LogP contribution in [0.5, 0.6) is 0 Å². The van der Waals surface area contributed by atoms with Crippen LogP contribution in [0.1, 0.15) is 5.69 Å². The van der Waals surface area contributed by atoms with Gasteiger partial charge in [-0.1, -0.05) is 6.07 Å². The molecular weight excluding hydrogens is 320 g/mol. The lowest BCUT2D eigenvalue weighted by Crippen LogP contribution is -2.42. The van der Waals surface area contributed by atoms with Crippen LogP contribution in [-0.2, 0) is 30.5 Å². The Kier molecular flexibility index (Phi) is 4.81. The lowest BCUT2D eigenvalue weighted by Gasteiger charge is -2.17. The maximum Gasteiger partial charge on any atom is 0.330 e. The van der Waals surface area contributed by atoms with Crippen molar-refractivity contribution in [1.29, 1.82) is 0 Å². The molecule has 0 aliphatic rings. The summed E-state index contributed by atoms with van der Waals surface area (Å²) >= 11 is 0. The number of aromatic nitrogens is 3. The minimum absolute atomic E-state index is 0.172. The van der Waals surface area contributed by atoms with E-state index in [9.17, 15) is 18.0 Å². The van der Waals surface area contributed by atoms with E-state index in [1.165, 1.54) is 21.1 Å². The number of likely N-dealkylation sites (N-methyl/N-ethyl adjacent to an activating group) is 1. The zero-order valence-corrected chi connectivity index (χ0v) is 13.9. The summed E-state index contributed by atoms with van der Waals surface area (Å²) in [4.78, 5) is 27.5. The number of aryl methyl sites for hydroxylation is 1. The number of rotatable bonds is 5. The summed E-state index contributed by atoms with van der Waals surface area (Å²) in [7, 11) is 0.0477. The maximum atomic E-state index is 12.6. The molecule has 2 rings (SSSR count). The zero-order chi connectivity index (χ0) is 17.2. The number of sulfonamides is 1. The first-order chi connectivity index (χ1) is 10.7. The molecule has 0 aliphatic heterocycles. The molecule has 2 aromatic heterocycles. The fourth-order valence-electron chi connectivity index (χ4n) is 2.06. The standard InChI is InChI=1S/C14H18N4O4S/c1-16-10-12(13(19)18(3)14(16)20)23(21,22)17(2)9-7-11-6-4-5-8-15-11/h4-6,8,10H,7,9H2,1-3H3. The molecule has 8 nitrogen and oxygen atoms in total. The Hall–Kier alpha value is -2.26. The van der Waals surface area contributed by atoms with Gasteiger partial charge in [-0.3, -0.25) is 14.3 Å². The van der Waals surface area contributed by atoms with Crippen molar-refractivity contribution in [1.82, 2.24) is 18.4 Å². The minimum Gasteiger partial charge on any atom is -0.302 e. The van der Waals surface area contributed by atoms with Crippen LogP contribution in [0.2, 0.25) is 0 Å². The van der Waals surface area contributed by atoms with Gasteiger partial charge in [0.05, 0.1) is 0 Å². The normalized spacial score (nSPS) is 11.8. The van der Waals surface area contributed by atoms with E-state index in [2.05, 4.69) is 4.98 Å². The highest BCUT2D eigenvalue weighted by molar-refractivity contribution is 7.89. The third-order valence-electron chi connectivity index (χ3n) is 3.51. The van der Waals surface area contributed by atoms with Gasteiger partial charge >= 0.3 is 5.69 Å². The van der Waals surface area contributed by atoms with Gasteiger partial charge in [0.15, 0.2) is 4.90 Å². The Morgan fingerprint density at radius 2 is 1.91 bits per heavy atom. The molecule has 2 aromatic rings. The first-order valence-corrected chi connectivity index (χ1v) is 8.32. The van der Waals surface area contributed by atoms with Crippen LogP contribution in [0.4, 0.5) is 0 Å². The van der Waals surface area contributed by atoms with Crippen LogP contribution < -0.4 is 11.2 Å². The van der Waals surface area contributed by atoms with Crippen LogP contribution in [-0.4, -0.2) is 40.4 Å². The van der Waals surface area contributed by atoms with Crippen LogP contribution in [0.15, 0.2) is 45.1 Å². The summed E-state index contributed by atoms with van der Waals surface area (Å²) in [6, 6.07) is 5.39. The highest BCUT2D eigenvalue weighted by atomic mass is 32.2. The lowest BCUT2D eigenvalue weighted by atomic mass is 10.3. The summed E-state index contributed by atoms with van der Waals surface area (Å²) in [5, 5.41) is 0. The average Bonchev–Trinajstić information content (AvgIpc) is 2.54. The van der Waals surface area contributed by atoms with Crippen molar-refractivity contribution >= 4 is 10.0 Å². The van der Waals surface area contributed by atoms with Gasteiger partial charge in [-0.15, -0.1) is 0 Å². The molecule has 0 bridgehead atoms. The Balaban J connectivity index is 2.31.